The molecule has 0 radical (unpaired) electrons. The van der Waals surface area contributed by atoms with Crippen molar-refractivity contribution >= 4 is 22.6 Å². The van der Waals surface area contributed by atoms with Gasteiger partial charge in [0.05, 0.1) is 0 Å². The minimum Gasteiger partial charge on any atom is -0.298 e. The van der Waals surface area contributed by atoms with Gasteiger partial charge in [-0.25, -0.2) is 4.31 Å². The van der Waals surface area contributed by atoms with Crippen LogP contribution in [0, 0.1) is 0 Å². The first-order valence-corrected chi connectivity index (χ1v) is 5.87. The van der Waals surface area contributed by atoms with Crippen molar-refractivity contribution in [3.63, 3.8) is 0 Å². The molecule has 0 aliphatic carbocycles. The number of hydrogen-bond acceptors (Lipinski definition) is 4. The Morgan fingerprint density at radius 3 is 2.09 bits per heavy atom. The summed E-state index contributed by atoms with van der Waals surface area (Å²) in [4.78, 5) is 2.50. The molecule has 66 valence electrons. The highest BCUT2D eigenvalue weighted by Crippen LogP contribution is 2.16. The van der Waals surface area contributed by atoms with Gasteiger partial charge in [-0.1, -0.05) is 11.7 Å². The van der Waals surface area contributed by atoms with Crippen molar-refractivity contribution in [1.82, 2.24) is 9.21 Å². The molecule has 0 atom stereocenters. The monoisotopic (exact) mass is 192 g/mol. The second kappa shape index (κ2) is 4.60. The molecular formula is C7H16N2S2. The average Bonchev–Trinajstić information content (AvgIpc) is 2.05. The smallest absolute Gasteiger partial charge is 0.0226 e. The molecule has 1 rings (SSSR count). The summed E-state index contributed by atoms with van der Waals surface area (Å²) in [5.41, 5.74) is 0. The van der Waals surface area contributed by atoms with Gasteiger partial charge in [0.2, 0.25) is 0 Å². The summed E-state index contributed by atoms with van der Waals surface area (Å²) in [6.07, 6.45) is 0. The molecule has 0 bridgehead atoms. The van der Waals surface area contributed by atoms with E-state index < -0.39 is 0 Å². The number of piperazine rings is 1. The summed E-state index contributed by atoms with van der Waals surface area (Å²) in [7, 11) is 1.56. The van der Waals surface area contributed by atoms with Crippen LogP contribution in [0.25, 0.3) is 0 Å². The third-order valence-electron chi connectivity index (χ3n) is 2.12. The maximum absolute atomic E-state index is 4.17. The summed E-state index contributed by atoms with van der Waals surface area (Å²) in [5.74, 6) is 0. The molecule has 0 aromatic rings. The Bertz CT molecular complexity index is 111. The van der Waals surface area contributed by atoms with E-state index in [4.69, 9.17) is 0 Å². The van der Waals surface area contributed by atoms with Crippen molar-refractivity contribution in [2.45, 2.75) is 19.9 Å². The fraction of sp³-hybridized carbons (Fsp3) is 1.00. The van der Waals surface area contributed by atoms with E-state index >= 15 is 0 Å². The second-order valence-electron chi connectivity index (χ2n) is 3.14. The number of rotatable bonds is 2. The van der Waals surface area contributed by atoms with Crippen molar-refractivity contribution in [2.75, 3.05) is 26.2 Å². The van der Waals surface area contributed by atoms with Crippen LogP contribution in [0.15, 0.2) is 0 Å². The van der Waals surface area contributed by atoms with Gasteiger partial charge in [0.15, 0.2) is 0 Å². The Balaban J connectivity index is 2.24. The molecule has 0 N–H and O–H groups in total. The number of hydrogen-bond donors (Lipinski definition) is 1. The summed E-state index contributed by atoms with van der Waals surface area (Å²) >= 11 is 4.17. The first-order valence-electron chi connectivity index (χ1n) is 4.04. The number of thiol groups is 1. The fourth-order valence-electron chi connectivity index (χ4n) is 1.30. The lowest BCUT2D eigenvalue weighted by Crippen LogP contribution is -2.46. The van der Waals surface area contributed by atoms with Crippen molar-refractivity contribution in [3.8, 4) is 0 Å². The molecule has 1 aliphatic rings. The maximum Gasteiger partial charge on any atom is 0.0226 e. The van der Waals surface area contributed by atoms with Gasteiger partial charge in [-0.05, 0) is 24.8 Å². The standard InChI is InChI=1S/C7H16N2S2/c1-7(2)8-3-5-9(11-10)6-4-8/h7,10H,3-6H2,1-2H3. The highest BCUT2D eigenvalue weighted by atomic mass is 33.1. The van der Waals surface area contributed by atoms with E-state index in [2.05, 4.69) is 34.7 Å². The fourth-order valence-corrected chi connectivity index (χ4v) is 2.12. The molecule has 0 aromatic carbocycles. The van der Waals surface area contributed by atoms with Crippen LogP contribution in [0.3, 0.4) is 0 Å². The van der Waals surface area contributed by atoms with Gasteiger partial charge in [0.25, 0.3) is 0 Å². The van der Waals surface area contributed by atoms with Crippen LogP contribution in [-0.2, 0) is 0 Å². The van der Waals surface area contributed by atoms with E-state index in [9.17, 15) is 0 Å². The molecule has 0 aromatic heterocycles. The minimum absolute atomic E-state index is 0.696. The third kappa shape index (κ3) is 2.86. The van der Waals surface area contributed by atoms with Gasteiger partial charge in [-0.2, -0.15) is 0 Å². The Morgan fingerprint density at radius 2 is 1.73 bits per heavy atom. The molecular weight excluding hydrogens is 176 g/mol. The highest BCUT2D eigenvalue weighted by molar-refractivity contribution is 8.67. The summed E-state index contributed by atoms with van der Waals surface area (Å²) in [5, 5.41) is 0. The Hall–Kier alpha value is 0.620. The summed E-state index contributed by atoms with van der Waals surface area (Å²) in [6, 6.07) is 0.696. The lowest BCUT2D eigenvalue weighted by Gasteiger charge is -2.35. The van der Waals surface area contributed by atoms with Crippen LogP contribution >= 0.6 is 22.6 Å². The summed E-state index contributed by atoms with van der Waals surface area (Å²) < 4.78 is 2.29. The highest BCUT2D eigenvalue weighted by Gasteiger charge is 2.17. The minimum atomic E-state index is 0.696. The van der Waals surface area contributed by atoms with Crippen molar-refractivity contribution < 1.29 is 0 Å². The van der Waals surface area contributed by atoms with E-state index in [0.29, 0.717) is 6.04 Å². The van der Waals surface area contributed by atoms with Crippen LogP contribution in [0.4, 0.5) is 0 Å². The molecule has 4 heteroatoms. The van der Waals surface area contributed by atoms with Gasteiger partial charge < -0.3 is 0 Å². The first-order chi connectivity index (χ1) is 5.24. The zero-order valence-corrected chi connectivity index (χ0v) is 8.87. The maximum atomic E-state index is 4.17. The predicted molar refractivity (Wildman–Crippen MR) is 54.9 cm³/mol. The molecule has 1 saturated heterocycles. The van der Waals surface area contributed by atoms with E-state index in [1.54, 1.807) is 11.0 Å². The van der Waals surface area contributed by atoms with Gasteiger partial charge in [0.1, 0.15) is 0 Å². The van der Waals surface area contributed by atoms with E-state index in [1.165, 1.54) is 13.1 Å². The lowest BCUT2D eigenvalue weighted by molar-refractivity contribution is 0.161. The molecule has 11 heavy (non-hydrogen) atoms. The molecule has 0 amide bonds. The van der Waals surface area contributed by atoms with Gasteiger partial charge in [0, 0.05) is 32.2 Å². The van der Waals surface area contributed by atoms with Gasteiger partial charge in [-0.3, -0.25) is 4.90 Å². The van der Waals surface area contributed by atoms with Crippen LogP contribution in [-0.4, -0.2) is 41.4 Å². The predicted octanol–water partition coefficient (Wildman–Crippen LogP) is 1.51. The largest absolute Gasteiger partial charge is 0.298 e. The van der Waals surface area contributed by atoms with E-state index in [1.807, 2.05) is 0 Å². The van der Waals surface area contributed by atoms with Crippen LogP contribution in [0.2, 0.25) is 0 Å². The van der Waals surface area contributed by atoms with Crippen LogP contribution in [0.5, 0.6) is 0 Å². The molecule has 0 spiro atoms. The van der Waals surface area contributed by atoms with Crippen molar-refractivity contribution in [3.05, 3.63) is 0 Å². The van der Waals surface area contributed by atoms with E-state index in [0.717, 1.165) is 13.1 Å². The Kier molecular flexibility index (Phi) is 4.06. The molecule has 2 nitrogen and oxygen atoms in total. The number of nitrogens with zero attached hydrogens (tertiary/aromatic N) is 2. The normalized spacial score (nSPS) is 22.9. The molecule has 1 aliphatic heterocycles. The summed E-state index contributed by atoms with van der Waals surface area (Å²) in [6.45, 7) is 9.17. The first kappa shape index (κ1) is 9.71. The van der Waals surface area contributed by atoms with Gasteiger partial charge in [-0.15, -0.1) is 0 Å². The van der Waals surface area contributed by atoms with Crippen LogP contribution in [0.1, 0.15) is 13.8 Å². The van der Waals surface area contributed by atoms with Crippen LogP contribution < -0.4 is 0 Å². The van der Waals surface area contributed by atoms with Crippen molar-refractivity contribution in [1.29, 1.82) is 0 Å². The molecule has 0 saturated carbocycles. The molecule has 0 unspecified atom stereocenters. The average molecular weight is 192 g/mol. The molecule has 1 heterocycles. The second-order valence-corrected chi connectivity index (χ2v) is 4.31. The van der Waals surface area contributed by atoms with Crippen molar-refractivity contribution in [2.24, 2.45) is 0 Å². The Labute approximate surface area is 78.3 Å². The van der Waals surface area contributed by atoms with E-state index in [-0.39, 0.29) is 0 Å². The zero-order chi connectivity index (χ0) is 8.27. The SMILES string of the molecule is CC(C)N1CCN(SS)CC1. The topological polar surface area (TPSA) is 6.48 Å². The van der Waals surface area contributed by atoms with Gasteiger partial charge >= 0.3 is 0 Å². The quantitative estimate of drug-likeness (QED) is 0.403. The zero-order valence-electron chi connectivity index (χ0n) is 7.16. The third-order valence-corrected chi connectivity index (χ3v) is 3.41. The lowest BCUT2D eigenvalue weighted by atomic mass is 10.3. The Morgan fingerprint density at radius 1 is 1.18 bits per heavy atom. The molecule has 1 fully saturated rings.